The summed E-state index contributed by atoms with van der Waals surface area (Å²) in [7, 11) is 0. The molecule has 1 aromatic rings. The molecule has 1 unspecified atom stereocenters. The number of hydrogen-bond donors (Lipinski definition) is 1. The number of amides is 1. The Bertz CT molecular complexity index is 362. The summed E-state index contributed by atoms with van der Waals surface area (Å²) in [6.45, 7) is 3.65. The van der Waals surface area contributed by atoms with E-state index in [1.807, 2.05) is 6.92 Å². The molecule has 0 spiro atoms. The molecular formula is C10H12N2O2. The van der Waals surface area contributed by atoms with Crippen molar-refractivity contribution in [2.75, 3.05) is 0 Å². The van der Waals surface area contributed by atoms with E-state index in [9.17, 15) is 4.79 Å². The van der Waals surface area contributed by atoms with E-state index in [-0.39, 0.29) is 17.7 Å². The first-order valence-corrected chi connectivity index (χ1v) is 4.37. The van der Waals surface area contributed by atoms with Crippen LogP contribution in [0.3, 0.4) is 0 Å². The van der Waals surface area contributed by atoms with Gasteiger partial charge in [-0.3, -0.25) is 4.79 Å². The minimum atomic E-state index is -0.324. The van der Waals surface area contributed by atoms with Gasteiger partial charge in [0.2, 0.25) is 5.76 Å². The molecule has 1 aromatic heterocycles. The number of nitrogens with one attached hydrogen (secondary N) is 1. The van der Waals surface area contributed by atoms with Gasteiger partial charge in [-0.25, -0.2) is 0 Å². The van der Waals surface area contributed by atoms with E-state index in [0.717, 1.165) is 0 Å². The van der Waals surface area contributed by atoms with Crippen LogP contribution in [-0.2, 0) is 0 Å². The third-order valence-corrected chi connectivity index (χ3v) is 1.77. The van der Waals surface area contributed by atoms with Crippen molar-refractivity contribution in [2.45, 2.75) is 26.3 Å². The zero-order valence-electron chi connectivity index (χ0n) is 8.20. The molecule has 0 saturated carbocycles. The average molecular weight is 192 g/mol. The molecule has 4 heteroatoms. The summed E-state index contributed by atoms with van der Waals surface area (Å²) in [6.07, 6.45) is 5.89. The van der Waals surface area contributed by atoms with Gasteiger partial charge < -0.3 is 9.84 Å². The minimum Gasteiger partial charge on any atom is -0.351 e. The van der Waals surface area contributed by atoms with Crippen LogP contribution in [-0.4, -0.2) is 17.1 Å². The van der Waals surface area contributed by atoms with Crippen LogP contribution in [0.1, 0.15) is 29.6 Å². The molecule has 0 fully saturated rings. The Morgan fingerprint density at radius 1 is 1.86 bits per heavy atom. The zero-order valence-corrected chi connectivity index (χ0v) is 8.20. The molecule has 1 heterocycles. The number of aromatic nitrogens is 1. The van der Waals surface area contributed by atoms with Crippen molar-refractivity contribution in [1.82, 2.24) is 10.5 Å². The number of carbonyl (C=O) groups is 1. The standard InChI is InChI=1S/C10H12N2O2/c1-4-8(5-2)11-10(13)9-6-7(3)12-14-9/h1,6,8H,5H2,2-3H3,(H,11,13). The maximum atomic E-state index is 11.4. The van der Waals surface area contributed by atoms with E-state index in [2.05, 4.69) is 16.4 Å². The largest absolute Gasteiger partial charge is 0.351 e. The normalized spacial score (nSPS) is 11.8. The Balaban J connectivity index is 2.64. The van der Waals surface area contributed by atoms with Gasteiger partial charge in [0.1, 0.15) is 0 Å². The topological polar surface area (TPSA) is 55.1 Å². The summed E-state index contributed by atoms with van der Waals surface area (Å²) >= 11 is 0. The molecule has 0 radical (unpaired) electrons. The molecule has 74 valence electrons. The predicted octanol–water partition coefficient (Wildman–Crippen LogP) is 1.12. The molecule has 0 aliphatic rings. The van der Waals surface area contributed by atoms with Gasteiger partial charge in [0.25, 0.3) is 5.91 Å². The van der Waals surface area contributed by atoms with Crippen LogP contribution in [0, 0.1) is 19.3 Å². The number of hydrogen-bond acceptors (Lipinski definition) is 3. The molecular weight excluding hydrogens is 180 g/mol. The molecule has 0 aliphatic carbocycles. The lowest BCUT2D eigenvalue weighted by atomic mass is 10.2. The van der Waals surface area contributed by atoms with Gasteiger partial charge in [-0.2, -0.15) is 0 Å². The maximum absolute atomic E-state index is 11.4. The Morgan fingerprint density at radius 3 is 3.00 bits per heavy atom. The highest BCUT2D eigenvalue weighted by atomic mass is 16.5. The highest BCUT2D eigenvalue weighted by molar-refractivity contribution is 5.91. The molecule has 1 rings (SSSR count). The lowest BCUT2D eigenvalue weighted by Crippen LogP contribution is -2.32. The van der Waals surface area contributed by atoms with Crippen molar-refractivity contribution in [3.63, 3.8) is 0 Å². The van der Waals surface area contributed by atoms with Gasteiger partial charge in [0.05, 0.1) is 11.7 Å². The van der Waals surface area contributed by atoms with E-state index in [0.29, 0.717) is 12.1 Å². The van der Waals surface area contributed by atoms with E-state index in [1.165, 1.54) is 0 Å². The second-order valence-electron chi connectivity index (χ2n) is 2.93. The molecule has 14 heavy (non-hydrogen) atoms. The molecule has 4 nitrogen and oxygen atoms in total. The first-order valence-electron chi connectivity index (χ1n) is 4.37. The van der Waals surface area contributed by atoms with Crippen LogP contribution >= 0.6 is 0 Å². The van der Waals surface area contributed by atoms with Gasteiger partial charge in [0.15, 0.2) is 0 Å². The summed E-state index contributed by atoms with van der Waals surface area (Å²) < 4.78 is 4.79. The molecule has 0 aromatic carbocycles. The van der Waals surface area contributed by atoms with E-state index in [4.69, 9.17) is 10.9 Å². The molecule has 1 amide bonds. The van der Waals surface area contributed by atoms with Gasteiger partial charge in [-0.15, -0.1) is 6.42 Å². The molecule has 1 atom stereocenters. The molecule has 0 bridgehead atoms. The number of rotatable bonds is 3. The van der Waals surface area contributed by atoms with Crippen molar-refractivity contribution < 1.29 is 9.32 Å². The number of aryl methyl sites for hydroxylation is 1. The fourth-order valence-corrected chi connectivity index (χ4v) is 0.962. The zero-order chi connectivity index (χ0) is 10.6. The smallest absolute Gasteiger partial charge is 0.290 e. The van der Waals surface area contributed by atoms with Crippen LogP contribution < -0.4 is 5.32 Å². The van der Waals surface area contributed by atoms with Gasteiger partial charge in [-0.1, -0.05) is 18.0 Å². The average Bonchev–Trinajstić information content (AvgIpc) is 2.61. The van der Waals surface area contributed by atoms with Crippen molar-refractivity contribution in [2.24, 2.45) is 0 Å². The van der Waals surface area contributed by atoms with Crippen LogP contribution in [0.5, 0.6) is 0 Å². The quantitative estimate of drug-likeness (QED) is 0.730. The minimum absolute atomic E-state index is 0.191. The Morgan fingerprint density at radius 2 is 2.57 bits per heavy atom. The summed E-state index contributed by atoms with van der Waals surface area (Å²) in [5.41, 5.74) is 0.670. The maximum Gasteiger partial charge on any atom is 0.290 e. The number of nitrogens with zero attached hydrogens (tertiary/aromatic N) is 1. The molecule has 1 N–H and O–H groups in total. The Hall–Kier alpha value is -1.76. The summed E-state index contributed by atoms with van der Waals surface area (Å²) in [5, 5.41) is 6.25. The van der Waals surface area contributed by atoms with Gasteiger partial charge in [-0.05, 0) is 13.3 Å². The third kappa shape index (κ3) is 2.36. The van der Waals surface area contributed by atoms with Crippen LogP contribution in [0.25, 0.3) is 0 Å². The fourth-order valence-electron chi connectivity index (χ4n) is 0.962. The first kappa shape index (κ1) is 10.3. The Labute approximate surface area is 82.7 Å². The summed E-state index contributed by atoms with van der Waals surface area (Å²) in [5.74, 6) is 2.33. The second kappa shape index (κ2) is 4.47. The third-order valence-electron chi connectivity index (χ3n) is 1.77. The highest BCUT2D eigenvalue weighted by Gasteiger charge is 2.13. The first-order chi connectivity index (χ1) is 6.67. The van der Waals surface area contributed by atoms with Gasteiger partial charge >= 0.3 is 0 Å². The Kier molecular flexibility index (Phi) is 3.29. The van der Waals surface area contributed by atoms with Crippen LogP contribution in [0.4, 0.5) is 0 Å². The predicted molar refractivity (Wildman–Crippen MR) is 51.6 cm³/mol. The number of terminal acetylenes is 1. The van der Waals surface area contributed by atoms with E-state index in [1.54, 1.807) is 13.0 Å². The number of carbonyl (C=O) groups excluding carboxylic acids is 1. The lowest BCUT2D eigenvalue weighted by Gasteiger charge is -2.07. The lowest BCUT2D eigenvalue weighted by molar-refractivity contribution is 0.0908. The monoisotopic (exact) mass is 192 g/mol. The van der Waals surface area contributed by atoms with E-state index >= 15 is 0 Å². The SMILES string of the molecule is C#CC(CC)NC(=O)c1cc(C)no1. The second-order valence-corrected chi connectivity index (χ2v) is 2.93. The van der Waals surface area contributed by atoms with Crippen molar-refractivity contribution in [3.05, 3.63) is 17.5 Å². The van der Waals surface area contributed by atoms with Crippen molar-refractivity contribution in [3.8, 4) is 12.3 Å². The molecule has 0 saturated heterocycles. The van der Waals surface area contributed by atoms with Crippen LogP contribution in [0.2, 0.25) is 0 Å². The summed E-state index contributed by atoms with van der Waals surface area (Å²) in [4.78, 5) is 11.4. The molecule has 0 aliphatic heterocycles. The van der Waals surface area contributed by atoms with E-state index < -0.39 is 0 Å². The van der Waals surface area contributed by atoms with Crippen molar-refractivity contribution in [1.29, 1.82) is 0 Å². The van der Waals surface area contributed by atoms with Crippen molar-refractivity contribution >= 4 is 5.91 Å². The highest BCUT2D eigenvalue weighted by Crippen LogP contribution is 2.02. The summed E-state index contributed by atoms with van der Waals surface area (Å²) in [6, 6.07) is 1.31. The van der Waals surface area contributed by atoms with Crippen LogP contribution in [0.15, 0.2) is 10.6 Å². The fraction of sp³-hybridized carbons (Fsp3) is 0.400. The van der Waals surface area contributed by atoms with Gasteiger partial charge in [0, 0.05) is 6.07 Å².